The first kappa shape index (κ1) is 15.0. The van der Waals surface area contributed by atoms with Crippen molar-refractivity contribution in [3.63, 3.8) is 0 Å². The molecule has 6 nitrogen and oxygen atoms in total. The van der Waals surface area contributed by atoms with Gasteiger partial charge >= 0.3 is 5.97 Å². The van der Waals surface area contributed by atoms with Crippen LogP contribution in [-0.4, -0.2) is 16.1 Å². The van der Waals surface area contributed by atoms with E-state index >= 15 is 0 Å². The highest BCUT2D eigenvalue weighted by Gasteiger charge is 2.16. The number of aromatic nitrogens is 1. The predicted octanol–water partition coefficient (Wildman–Crippen LogP) is 2.96. The number of pyridine rings is 1. The summed E-state index contributed by atoms with van der Waals surface area (Å²) in [5, 5.41) is 9.66. The van der Waals surface area contributed by atoms with Crippen LogP contribution in [0.3, 0.4) is 0 Å². The minimum absolute atomic E-state index is 0.0475. The van der Waals surface area contributed by atoms with Gasteiger partial charge in [-0.15, -0.1) is 0 Å². The van der Waals surface area contributed by atoms with E-state index in [0.29, 0.717) is 11.0 Å². The van der Waals surface area contributed by atoms with Gasteiger partial charge in [0.25, 0.3) is 0 Å². The molecule has 0 fully saturated rings. The van der Waals surface area contributed by atoms with Crippen molar-refractivity contribution in [2.75, 3.05) is 5.73 Å². The predicted molar refractivity (Wildman–Crippen MR) is 87.8 cm³/mol. The van der Waals surface area contributed by atoms with Gasteiger partial charge in [-0.1, -0.05) is 19.4 Å². The topological polar surface area (TPSA) is 106 Å². The van der Waals surface area contributed by atoms with Crippen LogP contribution < -0.4 is 11.2 Å². The molecule has 2 heterocycles. The number of nitrogen functional groups attached to an aromatic ring is 1. The molecular formula is C17H16N2O4. The van der Waals surface area contributed by atoms with E-state index in [1.165, 1.54) is 6.07 Å². The van der Waals surface area contributed by atoms with E-state index in [1.54, 1.807) is 12.1 Å². The average molecular weight is 312 g/mol. The summed E-state index contributed by atoms with van der Waals surface area (Å²) in [5.74, 6) is -1.40. The van der Waals surface area contributed by atoms with Crippen LogP contribution in [0.5, 0.6) is 0 Å². The number of benzene rings is 1. The first-order valence-electron chi connectivity index (χ1n) is 7.40. The largest absolute Gasteiger partial charge is 0.478 e. The Morgan fingerprint density at radius 1 is 1.30 bits per heavy atom. The van der Waals surface area contributed by atoms with E-state index in [9.17, 15) is 9.59 Å². The van der Waals surface area contributed by atoms with E-state index in [1.807, 2.05) is 6.07 Å². The molecule has 0 saturated carbocycles. The molecule has 6 heteroatoms. The fourth-order valence-corrected chi connectivity index (χ4v) is 2.55. The second-order valence-electron chi connectivity index (χ2n) is 5.44. The minimum Gasteiger partial charge on any atom is -0.478 e. The Kier molecular flexibility index (Phi) is 3.73. The fraction of sp³-hybridized carbons (Fsp3) is 0.235. The van der Waals surface area contributed by atoms with Crippen molar-refractivity contribution >= 4 is 33.9 Å². The Morgan fingerprint density at radius 2 is 2.09 bits per heavy atom. The molecule has 0 spiro atoms. The molecule has 0 amide bonds. The van der Waals surface area contributed by atoms with Gasteiger partial charge in [0.2, 0.25) is 11.1 Å². The number of anilines is 1. The summed E-state index contributed by atoms with van der Waals surface area (Å²) >= 11 is 0. The second kappa shape index (κ2) is 5.72. The lowest BCUT2D eigenvalue weighted by atomic mass is 10.0. The van der Waals surface area contributed by atoms with Crippen molar-refractivity contribution in [1.82, 2.24) is 4.98 Å². The number of nitrogens with two attached hydrogens (primary N) is 1. The van der Waals surface area contributed by atoms with Gasteiger partial charge in [0, 0.05) is 0 Å². The molecule has 0 unspecified atom stereocenters. The molecule has 3 aromatic rings. The summed E-state index contributed by atoms with van der Waals surface area (Å²) in [6.07, 6.45) is 2.98. The quantitative estimate of drug-likeness (QED) is 0.717. The van der Waals surface area contributed by atoms with E-state index < -0.39 is 5.97 Å². The number of rotatable bonds is 4. The number of unbranched alkanes of at least 4 members (excludes halogenated alkanes) is 1. The third-order valence-corrected chi connectivity index (χ3v) is 3.81. The highest BCUT2D eigenvalue weighted by atomic mass is 16.4. The molecule has 3 N–H and O–H groups in total. The number of fused-ring (bicyclic) bond motifs is 2. The van der Waals surface area contributed by atoms with Crippen LogP contribution in [0.1, 0.15) is 35.7 Å². The van der Waals surface area contributed by atoms with Gasteiger partial charge in [0.1, 0.15) is 17.0 Å². The molecule has 1 aromatic carbocycles. The Labute approximate surface area is 131 Å². The molecule has 0 saturated heterocycles. The summed E-state index contributed by atoms with van der Waals surface area (Å²) in [7, 11) is 0. The molecule has 0 radical (unpaired) electrons. The second-order valence-corrected chi connectivity index (χ2v) is 5.44. The molecule has 0 bridgehead atoms. The zero-order chi connectivity index (χ0) is 16.6. The van der Waals surface area contributed by atoms with Crippen LogP contribution in [0.4, 0.5) is 5.82 Å². The molecule has 2 aromatic heterocycles. The zero-order valence-corrected chi connectivity index (χ0v) is 12.6. The summed E-state index contributed by atoms with van der Waals surface area (Å²) in [6.45, 7) is 2.10. The summed E-state index contributed by atoms with van der Waals surface area (Å²) in [5.41, 5.74) is 6.62. The number of carbonyl (C=O) groups is 1. The Balaban J connectivity index is 2.28. The van der Waals surface area contributed by atoms with Crippen molar-refractivity contribution in [2.24, 2.45) is 0 Å². The van der Waals surface area contributed by atoms with Crippen molar-refractivity contribution < 1.29 is 14.3 Å². The van der Waals surface area contributed by atoms with Crippen molar-refractivity contribution in [3.05, 3.63) is 45.6 Å². The van der Waals surface area contributed by atoms with Crippen molar-refractivity contribution in [3.8, 4) is 0 Å². The normalized spacial score (nSPS) is 11.2. The van der Waals surface area contributed by atoms with Crippen LogP contribution >= 0.6 is 0 Å². The van der Waals surface area contributed by atoms with Crippen molar-refractivity contribution in [1.29, 1.82) is 0 Å². The Bertz CT molecular complexity index is 976. The van der Waals surface area contributed by atoms with Crippen LogP contribution in [0.15, 0.2) is 33.5 Å². The van der Waals surface area contributed by atoms with Gasteiger partial charge in [-0.25, -0.2) is 4.79 Å². The van der Waals surface area contributed by atoms with Gasteiger partial charge in [-0.3, -0.25) is 4.79 Å². The SMILES string of the molecule is CCCCc1ccc2oc3nc(N)c(C(=O)O)cc3c(=O)c2c1. The number of carboxylic acid groups (broad SMARTS) is 1. The van der Waals surface area contributed by atoms with Gasteiger partial charge in [-0.05, 0) is 36.6 Å². The lowest BCUT2D eigenvalue weighted by molar-refractivity contribution is 0.0698. The molecule has 3 rings (SSSR count). The number of hydrogen-bond acceptors (Lipinski definition) is 5. The summed E-state index contributed by atoms with van der Waals surface area (Å²) in [6, 6.07) is 6.68. The summed E-state index contributed by atoms with van der Waals surface area (Å²) < 4.78 is 5.62. The van der Waals surface area contributed by atoms with E-state index in [2.05, 4.69) is 11.9 Å². The Hall–Kier alpha value is -2.89. The number of carboxylic acids is 1. The number of hydrogen-bond donors (Lipinski definition) is 2. The van der Waals surface area contributed by atoms with Crippen LogP contribution in [-0.2, 0) is 6.42 Å². The van der Waals surface area contributed by atoms with Gasteiger partial charge in [-0.2, -0.15) is 4.98 Å². The molecule has 0 atom stereocenters. The smallest absolute Gasteiger partial charge is 0.339 e. The Morgan fingerprint density at radius 3 is 2.78 bits per heavy atom. The highest BCUT2D eigenvalue weighted by Crippen LogP contribution is 2.22. The highest BCUT2D eigenvalue weighted by molar-refractivity contribution is 5.98. The monoisotopic (exact) mass is 312 g/mol. The van der Waals surface area contributed by atoms with Crippen LogP contribution in [0, 0.1) is 0 Å². The fourth-order valence-electron chi connectivity index (χ4n) is 2.55. The first-order valence-corrected chi connectivity index (χ1v) is 7.40. The van der Waals surface area contributed by atoms with E-state index in [0.717, 1.165) is 24.8 Å². The average Bonchev–Trinajstić information content (AvgIpc) is 2.52. The number of aryl methyl sites for hydroxylation is 1. The zero-order valence-electron chi connectivity index (χ0n) is 12.6. The van der Waals surface area contributed by atoms with Gasteiger partial charge < -0.3 is 15.3 Å². The summed E-state index contributed by atoms with van der Waals surface area (Å²) in [4.78, 5) is 27.7. The molecule has 0 aliphatic heterocycles. The van der Waals surface area contributed by atoms with Crippen LogP contribution in [0.2, 0.25) is 0 Å². The van der Waals surface area contributed by atoms with Crippen LogP contribution in [0.25, 0.3) is 22.1 Å². The number of aromatic carboxylic acids is 1. The molecule has 118 valence electrons. The van der Waals surface area contributed by atoms with Gasteiger partial charge in [0.05, 0.1) is 10.8 Å². The van der Waals surface area contributed by atoms with Gasteiger partial charge in [0.15, 0.2) is 0 Å². The maximum atomic E-state index is 12.7. The maximum absolute atomic E-state index is 12.7. The molecule has 23 heavy (non-hydrogen) atoms. The lowest BCUT2D eigenvalue weighted by Gasteiger charge is -2.06. The number of nitrogens with zero attached hydrogens (tertiary/aromatic N) is 1. The van der Waals surface area contributed by atoms with E-state index in [-0.39, 0.29) is 27.9 Å². The lowest BCUT2D eigenvalue weighted by Crippen LogP contribution is -2.09. The molecule has 0 aliphatic carbocycles. The molecular weight excluding hydrogens is 296 g/mol. The standard InChI is InChI=1S/C17H16N2O4/c1-2-3-4-9-5-6-13-10(7-9)14(20)11-8-12(17(21)22)15(18)19-16(11)23-13/h5-8H,2-4H2,1H3,(H2,18,19)(H,21,22). The maximum Gasteiger partial charge on any atom is 0.339 e. The van der Waals surface area contributed by atoms with E-state index in [4.69, 9.17) is 15.3 Å². The first-order chi connectivity index (χ1) is 11.0. The third-order valence-electron chi connectivity index (χ3n) is 3.81. The molecule has 0 aliphatic rings. The minimum atomic E-state index is -1.23. The third kappa shape index (κ3) is 2.63. The van der Waals surface area contributed by atoms with Crippen molar-refractivity contribution in [2.45, 2.75) is 26.2 Å².